The molecule has 0 bridgehead atoms. The zero-order valence-corrected chi connectivity index (χ0v) is 19.0. The minimum Gasteiger partial charge on any atom is -0.355 e. The first-order valence-corrected chi connectivity index (χ1v) is 11.4. The molecule has 0 radical (unpaired) electrons. The van der Waals surface area contributed by atoms with Crippen LogP contribution in [-0.2, 0) is 10.0 Å². The standard InChI is InChI=1S/C17H33N5O2S.HI/c1-18-17(22-11-7-16(14-22)21-9-2-3-10-21)19-8-12-25(23,24)20-13-15-5-4-6-15;/h15-16,20H,2-14H2,1H3,(H,18,19);1H. The monoisotopic (exact) mass is 499 g/mol. The van der Waals surface area contributed by atoms with Gasteiger partial charge in [-0.3, -0.25) is 9.89 Å². The van der Waals surface area contributed by atoms with Crippen LogP contribution in [0.1, 0.15) is 38.5 Å². The smallest absolute Gasteiger partial charge is 0.213 e. The molecule has 0 aromatic heterocycles. The first-order chi connectivity index (χ1) is 12.1. The molecular weight excluding hydrogens is 465 g/mol. The van der Waals surface area contributed by atoms with Crippen molar-refractivity contribution in [1.29, 1.82) is 0 Å². The second-order valence-corrected chi connectivity index (χ2v) is 9.50. The minimum atomic E-state index is -3.20. The number of nitrogens with one attached hydrogen (secondary N) is 2. The van der Waals surface area contributed by atoms with E-state index in [1.54, 1.807) is 7.05 Å². The Kier molecular flexibility index (Phi) is 8.89. The molecule has 1 aliphatic carbocycles. The molecule has 1 saturated carbocycles. The Morgan fingerprint density at radius 2 is 1.85 bits per heavy atom. The first kappa shape index (κ1) is 22.2. The third kappa shape index (κ3) is 6.20. The zero-order chi connectivity index (χ0) is 17.7. The second kappa shape index (κ2) is 10.4. The van der Waals surface area contributed by atoms with Crippen molar-refractivity contribution in [3.05, 3.63) is 0 Å². The van der Waals surface area contributed by atoms with Crippen molar-refractivity contribution in [2.45, 2.75) is 44.6 Å². The van der Waals surface area contributed by atoms with Gasteiger partial charge in [0.1, 0.15) is 0 Å². The zero-order valence-electron chi connectivity index (χ0n) is 15.8. The Morgan fingerprint density at radius 3 is 2.46 bits per heavy atom. The molecule has 3 aliphatic rings. The first-order valence-electron chi connectivity index (χ1n) is 9.74. The fourth-order valence-corrected chi connectivity index (χ4v) is 4.99. The Bertz CT molecular complexity index is 562. The molecule has 2 aliphatic heterocycles. The Labute approximate surface area is 175 Å². The highest BCUT2D eigenvalue weighted by Gasteiger charge is 2.30. The molecule has 7 nitrogen and oxygen atoms in total. The third-order valence-electron chi connectivity index (χ3n) is 5.80. The van der Waals surface area contributed by atoms with Crippen LogP contribution in [0.3, 0.4) is 0 Å². The van der Waals surface area contributed by atoms with Crippen molar-refractivity contribution < 1.29 is 8.42 Å². The van der Waals surface area contributed by atoms with Crippen LogP contribution in [0.15, 0.2) is 4.99 Å². The molecule has 2 heterocycles. The van der Waals surface area contributed by atoms with Crippen molar-refractivity contribution in [2.24, 2.45) is 10.9 Å². The molecule has 0 aromatic rings. The summed E-state index contributed by atoms with van der Waals surface area (Å²) in [5, 5.41) is 3.23. The largest absolute Gasteiger partial charge is 0.355 e. The average molecular weight is 499 g/mol. The summed E-state index contributed by atoms with van der Waals surface area (Å²) in [5.41, 5.74) is 0. The fraction of sp³-hybridized carbons (Fsp3) is 0.941. The summed E-state index contributed by atoms with van der Waals surface area (Å²) in [4.78, 5) is 9.19. The van der Waals surface area contributed by atoms with Crippen LogP contribution in [-0.4, -0.2) is 82.3 Å². The van der Waals surface area contributed by atoms with E-state index < -0.39 is 10.0 Å². The maximum absolute atomic E-state index is 12.1. The number of halogens is 1. The lowest BCUT2D eigenvalue weighted by atomic mass is 9.86. The molecule has 0 spiro atoms. The van der Waals surface area contributed by atoms with Gasteiger partial charge in [-0.2, -0.15) is 0 Å². The van der Waals surface area contributed by atoms with Gasteiger partial charge in [0.2, 0.25) is 10.0 Å². The number of aliphatic imine (C=N–C) groups is 1. The van der Waals surface area contributed by atoms with Gasteiger partial charge in [0, 0.05) is 39.3 Å². The fourth-order valence-electron chi connectivity index (χ4n) is 3.98. The van der Waals surface area contributed by atoms with Crippen molar-refractivity contribution >= 4 is 40.0 Å². The molecule has 0 amide bonds. The lowest BCUT2D eigenvalue weighted by molar-refractivity contribution is 0.249. The summed E-state index contributed by atoms with van der Waals surface area (Å²) in [6.45, 7) is 5.42. The molecule has 3 rings (SSSR count). The summed E-state index contributed by atoms with van der Waals surface area (Å²) < 4.78 is 26.9. The SMILES string of the molecule is CN=C(NCCS(=O)(=O)NCC1CCC1)N1CCC(N2CCCC2)C1.I. The van der Waals surface area contributed by atoms with Gasteiger partial charge < -0.3 is 10.2 Å². The normalized spacial score (nSPS) is 25.2. The van der Waals surface area contributed by atoms with Gasteiger partial charge in [-0.1, -0.05) is 6.42 Å². The Hall–Kier alpha value is -0.130. The van der Waals surface area contributed by atoms with Crippen LogP contribution in [0.25, 0.3) is 0 Å². The Morgan fingerprint density at radius 1 is 1.12 bits per heavy atom. The predicted octanol–water partition coefficient (Wildman–Crippen LogP) is 1.07. The number of sulfonamides is 1. The second-order valence-electron chi connectivity index (χ2n) is 7.57. The van der Waals surface area contributed by atoms with Gasteiger partial charge >= 0.3 is 0 Å². The highest BCUT2D eigenvalue weighted by molar-refractivity contribution is 14.0. The molecule has 1 unspecified atom stereocenters. The van der Waals surface area contributed by atoms with Gasteiger partial charge in [-0.25, -0.2) is 13.1 Å². The number of rotatable bonds is 7. The van der Waals surface area contributed by atoms with Gasteiger partial charge in [0.25, 0.3) is 0 Å². The number of hydrogen-bond acceptors (Lipinski definition) is 4. The van der Waals surface area contributed by atoms with Crippen LogP contribution in [0.2, 0.25) is 0 Å². The number of hydrogen-bond donors (Lipinski definition) is 2. The third-order valence-corrected chi connectivity index (χ3v) is 7.15. The molecule has 152 valence electrons. The number of likely N-dealkylation sites (tertiary alicyclic amines) is 2. The van der Waals surface area contributed by atoms with E-state index in [0.29, 0.717) is 25.0 Å². The van der Waals surface area contributed by atoms with Crippen LogP contribution in [0, 0.1) is 5.92 Å². The minimum absolute atomic E-state index is 0. The van der Waals surface area contributed by atoms with E-state index in [9.17, 15) is 8.42 Å². The van der Waals surface area contributed by atoms with E-state index in [-0.39, 0.29) is 29.7 Å². The Balaban J connectivity index is 0.00000243. The van der Waals surface area contributed by atoms with Crippen LogP contribution < -0.4 is 10.0 Å². The highest BCUT2D eigenvalue weighted by Crippen LogP contribution is 2.25. The molecule has 26 heavy (non-hydrogen) atoms. The van der Waals surface area contributed by atoms with Crippen LogP contribution in [0.5, 0.6) is 0 Å². The molecule has 3 fully saturated rings. The molecular formula is C17H34IN5O2S. The molecule has 2 saturated heterocycles. The summed E-state index contributed by atoms with van der Waals surface area (Å²) in [6.07, 6.45) is 7.34. The summed E-state index contributed by atoms with van der Waals surface area (Å²) in [7, 11) is -1.43. The predicted molar refractivity (Wildman–Crippen MR) is 117 cm³/mol. The summed E-state index contributed by atoms with van der Waals surface area (Å²) in [5.74, 6) is 1.47. The maximum Gasteiger partial charge on any atom is 0.213 e. The lowest BCUT2D eigenvalue weighted by Crippen LogP contribution is -2.45. The molecule has 0 aromatic carbocycles. The molecule has 1 atom stereocenters. The highest BCUT2D eigenvalue weighted by atomic mass is 127. The van der Waals surface area contributed by atoms with Gasteiger partial charge in [-0.15, -0.1) is 24.0 Å². The summed E-state index contributed by atoms with van der Waals surface area (Å²) in [6, 6.07) is 0.619. The average Bonchev–Trinajstić information content (AvgIpc) is 3.20. The molecule has 9 heteroatoms. The van der Waals surface area contributed by atoms with E-state index >= 15 is 0 Å². The van der Waals surface area contributed by atoms with Crippen molar-refractivity contribution in [3.8, 4) is 0 Å². The van der Waals surface area contributed by atoms with Gasteiger partial charge in [-0.05, 0) is 51.1 Å². The van der Waals surface area contributed by atoms with Crippen molar-refractivity contribution in [3.63, 3.8) is 0 Å². The van der Waals surface area contributed by atoms with Crippen molar-refractivity contribution in [1.82, 2.24) is 19.8 Å². The molecule has 2 N–H and O–H groups in total. The van der Waals surface area contributed by atoms with E-state index in [1.807, 2.05) is 0 Å². The van der Waals surface area contributed by atoms with E-state index in [0.717, 1.165) is 31.9 Å². The van der Waals surface area contributed by atoms with E-state index in [2.05, 4.69) is 24.8 Å². The van der Waals surface area contributed by atoms with Crippen LogP contribution in [0.4, 0.5) is 0 Å². The maximum atomic E-state index is 12.1. The number of nitrogens with zero attached hydrogens (tertiary/aromatic N) is 3. The van der Waals surface area contributed by atoms with Crippen molar-refractivity contribution in [2.75, 3.05) is 52.1 Å². The van der Waals surface area contributed by atoms with Crippen LogP contribution >= 0.6 is 24.0 Å². The lowest BCUT2D eigenvalue weighted by Gasteiger charge is -2.26. The topological polar surface area (TPSA) is 77.0 Å². The van der Waals surface area contributed by atoms with E-state index in [4.69, 9.17) is 0 Å². The number of guanidine groups is 1. The van der Waals surface area contributed by atoms with E-state index in [1.165, 1.54) is 38.8 Å². The van der Waals surface area contributed by atoms with Gasteiger partial charge in [0.15, 0.2) is 5.96 Å². The summed E-state index contributed by atoms with van der Waals surface area (Å²) >= 11 is 0. The quantitative estimate of drug-likeness (QED) is 0.312. The van der Waals surface area contributed by atoms with Gasteiger partial charge in [0.05, 0.1) is 5.75 Å².